The zero-order chi connectivity index (χ0) is 22.3. The fourth-order valence-electron chi connectivity index (χ4n) is 3.65. The number of anilines is 1. The molecule has 9 heteroatoms. The fourth-order valence-corrected chi connectivity index (χ4v) is 3.65. The number of phenols is 2. The molecule has 0 unspecified atom stereocenters. The van der Waals surface area contributed by atoms with Crippen LogP contribution in [0.5, 0.6) is 11.5 Å². The van der Waals surface area contributed by atoms with Crippen molar-refractivity contribution < 1.29 is 15.0 Å². The topological polar surface area (TPSA) is 142 Å². The third-order valence-electron chi connectivity index (χ3n) is 5.26. The number of hydrogen-bond donors (Lipinski definition) is 5. The number of hydrogen-bond acceptors (Lipinski definition) is 5. The number of phenolic OH excluding ortho intramolecular Hbond substituents is 2. The van der Waals surface area contributed by atoms with Crippen molar-refractivity contribution in [3.8, 4) is 28.4 Å². The van der Waals surface area contributed by atoms with Crippen molar-refractivity contribution in [1.82, 2.24) is 20.0 Å². The number of amides is 2. The molecular formula is C22H24N6O3. The van der Waals surface area contributed by atoms with Gasteiger partial charge in [-0.1, -0.05) is 38.1 Å². The highest BCUT2D eigenvalue weighted by Crippen LogP contribution is 2.38. The van der Waals surface area contributed by atoms with Crippen LogP contribution in [0.15, 0.2) is 36.4 Å². The Morgan fingerprint density at radius 1 is 1.23 bits per heavy atom. The molecule has 4 rings (SSSR count). The van der Waals surface area contributed by atoms with E-state index in [4.69, 9.17) is 5.73 Å². The zero-order valence-corrected chi connectivity index (χ0v) is 17.5. The maximum Gasteiger partial charge on any atom is 0.317 e. The Balaban J connectivity index is 2.02. The number of H-pyrrole nitrogens is 1. The van der Waals surface area contributed by atoms with Crippen molar-refractivity contribution in [3.63, 3.8) is 0 Å². The van der Waals surface area contributed by atoms with E-state index in [1.807, 2.05) is 25.1 Å². The summed E-state index contributed by atoms with van der Waals surface area (Å²) in [4.78, 5) is 15.0. The number of fused-ring (bicyclic) bond motifs is 1. The number of aromatic amines is 1. The molecule has 0 bridgehead atoms. The molecule has 0 saturated heterocycles. The van der Waals surface area contributed by atoms with Gasteiger partial charge in [0, 0.05) is 28.2 Å². The van der Waals surface area contributed by atoms with Crippen LogP contribution in [0.3, 0.4) is 0 Å². The smallest absolute Gasteiger partial charge is 0.317 e. The number of aryl methyl sites for hydroxylation is 1. The summed E-state index contributed by atoms with van der Waals surface area (Å²) in [6.45, 7) is 6.08. The second kappa shape index (κ2) is 7.67. The van der Waals surface area contributed by atoms with E-state index in [0.717, 1.165) is 22.2 Å². The number of benzene rings is 2. The van der Waals surface area contributed by atoms with Gasteiger partial charge in [0.15, 0.2) is 5.82 Å². The molecule has 2 aromatic heterocycles. The summed E-state index contributed by atoms with van der Waals surface area (Å²) in [5.74, 6) is 0.281. The molecule has 0 saturated carbocycles. The first kappa shape index (κ1) is 20.3. The molecule has 0 fully saturated rings. The van der Waals surface area contributed by atoms with Crippen LogP contribution in [0.4, 0.5) is 10.6 Å². The Bertz CT molecular complexity index is 1290. The summed E-state index contributed by atoms with van der Waals surface area (Å²) < 4.78 is 1.44. The number of carbonyl (C=O) groups is 1. The number of primary amides is 1. The molecule has 0 aliphatic heterocycles. The van der Waals surface area contributed by atoms with Crippen LogP contribution < -0.4 is 11.1 Å². The monoisotopic (exact) mass is 420 g/mol. The van der Waals surface area contributed by atoms with Crippen molar-refractivity contribution in [2.75, 3.05) is 5.32 Å². The Morgan fingerprint density at radius 2 is 2.00 bits per heavy atom. The largest absolute Gasteiger partial charge is 0.508 e. The van der Waals surface area contributed by atoms with Crippen LogP contribution in [0, 0.1) is 0 Å². The maximum atomic E-state index is 11.6. The van der Waals surface area contributed by atoms with Gasteiger partial charge in [0.1, 0.15) is 22.9 Å². The van der Waals surface area contributed by atoms with Crippen molar-refractivity contribution in [2.24, 2.45) is 5.73 Å². The van der Waals surface area contributed by atoms with E-state index >= 15 is 0 Å². The predicted molar refractivity (Wildman–Crippen MR) is 119 cm³/mol. The Hall–Kier alpha value is -4.01. The van der Waals surface area contributed by atoms with Gasteiger partial charge in [-0.05, 0) is 36.1 Å². The second-order valence-corrected chi connectivity index (χ2v) is 7.66. The first-order valence-corrected chi connectivity index (χ1v) is 9.99. The van der Waals surface area contributed by atoms with Gasteiger partial charge in [0.05, 0.1) is 0 Å². The molecule has 160 valence electrons. The number of carbonyl (C=O) groups excluding carboxylic acids is 1. The molecule has 2 amide bonds. The number of aromatic hydroxyl groups is 2. The highest BCUT2D eigenvalue weighted by Gasteiger charge is 2.23. The van der Waals surface area contributed by atoms with Crippen LogP contribution in [0.25, 0.3) is 27.8 Å². The normalized spacial score (nSPS) is 11.4. The number of nitrogens with zero attached hydrogens (tertiary/aromatic N) is 3. The molecule has 9 nitrogen and oxygen atoms in total. The first-order valence-electron chi connectivity index (χ1n) is 9.99. The molecule has 0 aliphatic rings. The molecule has 0 spiro atoms. The van der Waals surface area contributed by atoms with Crippen LogP contribution in [0.1, 0.15) is 37.9 Å². The van der Waals surface area contributed by atoms with Crippen molar-refractivity contribution in [1.29, 1.82) is 0 Å². The van der Waals surface area contributed by atoms with Crippen molar-refractivity contribution >= 4 is 22.8 Å². The third-order valence-corrected chi connectivity index (χ3v) is 5.26. The quantitative estimate of drug-likeness (QED) is 0.332. The highest BCUT2D eigenvalue weighted by molar-refractivity contribution is 6.00. The Morgan fingerprint density at radius 3 is 2.68 bits per heavy atom. The van der Waals surface area contributed by atoms with E-state index in [2.05, 4.69) is 40.5 Å². The maximum absolute atomic E-state index is 11.6. The van der Waals surface area contributed by atoms with Crippen LogP contribution in [-0.4, -0.2) is 36.2 Å². The van der Waals surface area contributed by atoms with Crippen LogP contribution >= 0.6 is 0 Å². The van der Waals surface area contributed by atoms with E-state index in [9.17, 15) is 15.0 Å². The van der Waals surface area contributed by atoms with Gasteiger partial charge in [-0.15, -0.1) is 5.10 Å². The average Bonchev–Trinajstić information content (AvgIpc) is 3.32. The minimum Gasteiger partial charge on any atom is -0.508 e. The molecule has 4 aromatic rings. The van der Waals surface area contributed by atoms with E-state index < -0.39 is 6.03 Å². The van der Waals surface area contributed by atoms with Gasteiger partial charge < -0.3 is 20.9 Å². The number of urea groups is 1. The second-order valence-electron chi connectivity index (χ2n) is 7.66. The molecule has 0 radical (unpaired) electrons. The number of nitrogens with one attached hydrogen (secondary N) is 2. The molecule has 0 atom stereocenters. The van der Waals surface area contributed by atoms with E-state index in [-0.39, 0.29) is 17.3 Å². The summed E-state index contributed by atoms with van der Waals surface area (Å²) in [6.07, 6.45) is 0.556. The minimum absolute atomic E-state index is 0.00443. The lowest BCUT2D eigenvalue weighted by molar-refractivity contribution is 0.259. The Labute approximate surface area is 178 Å². The average molecular weight is 420 g/mol. The summed E-state index contributed by atoms with van der Waals surface area (Å²) in [6, 6.07) is 9.93. The highest BCUT2D eigenvalue weighted by atomic mass is 16.3. The van der Waals surface area contributed by atoms with E-state index in [1.54, 1.807) is 6.07 Å². The standard InChI is InChI=1S/C22H24N6O3/c1-4-12-8-17(19(30)10-18(12)29)28-20(21(26-27-28)25-22(23)31)13-6-5-7-15-14(13)9-16(24-15)11(2)3/h5-11,24,29-30H,4H2,1-3H3,(H3,23,25,31). The summed E-state index contributed by atoms with van der Waals surface area (Å²) in [5, 5.41) is 32.3. The fraction of sp³-hybridized carbons (Fsp3) is 0.227. The van der Waals surface area contributed by atoms with Gasteiger partial charge in [-0.25, -0.2) is 9.48 Å². The molecule has 2 aromatic carbocycles. The summed E-state index contributed by atoms with van der Waals surface area (Å²) >= 11 is 0. The lowest BCUT2D eigenvalue weighted by Crippen LogP contribution is -2.20. The Kier molecular flexibility index (Phi) is 5.02. The van der Waals surface area contributed by atoms with E-state index in [1.165, 1.54) is 10.7 Å². The number of aromatic nitrogens is 4. The molecule has 0 aliphatic carbocycles. The van der Waals surface area contributed by atoms with Gasteiger partial charge in [0.2, 0.25) is 0 Å². The van der Waals surface area contributed by atoms with Crippen molar-refractivity contribution in [3.05, 3.63) is 47.7 Å². The summed E-state index contributed by atoms with van der Waals surface area (Å²) in [7, 11) is 0. The van der Waals surface area contributed by atoms with E-state index in [0.29, 0.717) is 29.3 Å². The zero-order valence-electron chi connectivity index (χ0n) is 17.5. The molecular weight excluding hydrogens is 396 g/mol. The molecule has 2 heterocycles. The van der Waals surface area contributed by atoms with Gasteiger partial charge in [0.25, 0.3) is 0 Å². The van der Waals surface area contributed by atoms with Crippen molar-refractivity contribution in [2.45, 2.75) is 33.1 Å². The third kappa shape index (κ3) is 3.54. The molecule has 31 heavy (non-hydrogen) atoms. The van der Waals surface area contributed by atoms with Gasteiger partial charge in [-0.2, -0.15) is 0 Å². The minimum atomic E-state index is -0.776. The van der Waals surface area contributed by atoms with Gasteiger partial charge >= 0.3 is 6.03 Å². The molecule has 6 N–H and O–H groups in total. The SMILES string of the molecule is CCc1cc(-n2nnc(NC(N)=O)c2-c2cccc3[nH]c(C(C)C)cc23)c(O)cc1O. The lowest BCUT2D eigenvalue weighted by atomic mass is 10.0. The van der Waals surface area contributed by atoms with Gasteiger partial charge in [-0.3, -0.25) is 5.32 Å². The lowest BCUT2D eigenvalue weighted by Gasteiger charge is -2.13. The van der Waals surface area contributed by atoms with Crippen LogP contribution in [0.2, 0.25) is 0 Å². The summed E-state index contributed by atoms with van der Waals surface area (Å²) in [5.41, 5.74) is 9.51. The predicted octanol–water partition coefficient (Wildman–Crippen LogP) is 4.00. The first-order chi connectivity index (χ1) is 14.8. The number of rotatable bonds is 5. The van der Waals surface area contributed by atoms with Crippen LogP contribution in [-0.2, 0) is 6.42 Å². The number of nitrogens with two attached hydrogens (primary N) is 1.